The lowest BCUT2D eigenvalue weighted by atomic mass is 9.95. The van der Waals surface area contributed by atoms with Gasteiger partial charge in [0.2, 0.25) is 0 Å². The largest absolute Gasteiger partial charge is 0.337 e. The van der Waals surface area contributed by atoms with E-state index in [0.29, 0.717) is 11.6 Å². The predicted molar refractivity (Wildman–Crippen MR) is 101 cm³/mol. The fraction of sp³-hybridized carbons (Fsp3) is 0.389. The van der Waals surface area contributed by atoms with E-state index in [-0.39, 0.29) is 5.91 Å². The first-order chi connectivity index (χ1) is 12.3. The van der Waals surface area contributed by atoms with E-state index >= 15 is 0 Å². The summed E-state index contributed by atoms with van der Waals surface area (Å²) in [5.41, 5.74) is 0.571. The van der Waals surface area contributed by atoms with Crippen molar-refractivity contribution in [1.82, 2.24) is 19.4 Å². The number of thiophene rings is 1. The molecule has 1 aliphatic rings. The lowest BCUT2D eigenvalue weighted by Gasteiger charge is -2.31. The number of thiazole rings is 1. The van der Waals surface area contributed by atoms with Crippen molar-refractivity contribution in [2.75, 3.05) is 13.1 Å². The fourth-order valence-electron chi connectivity index (χ4n) is 3.34. The number of rotatable bonds is 4. The Kier molecular flexibility index (Phi) is 4.67. The summed E-state index contributed by atoms with van der Waals surface area (Å²) in [6.07, 6.45) is 5.83. The van der Waals surface area contributed by atoms with Crippen LogP contribution < -0.4 is 0 Å². The Bertz CT molecular complexity index is 844. The molecule has 0 aliphatic carbocycles. The van der Waals surface area contributed by atoms with Crippen LogP contribution in [0, 0.1) is 0 Å². The van der Waals surface area contributed by atoms with Gasteiger partial charge < -0.3 is 9.47 Å². The molecular formula is C18H20N4OS2. The average Bonchev–Trinajstić information content (AvgIpc) is 3.41. The minimum atomic E-state index is 0.0522. The molecule has 0 unspecified atom stereocenters. The lowest BCUT2D eigenvalue weighted by Crippen LogP contribution is -2.38. The summed E-state index contributed by atoms with van der Waals surface area (Å²) in [5, 5.41) is 4.84. The standard InChI is InChI=1S/C18H20N4OS2/c1-2-21-10-7-19-16(21)13-5-8-22(9-6-13)18(23)14-12-25-17(20-14)15-4-3-11-24-15/h3-4,7,10-13H,2,5-6,8-9H2,1H3. The van der Waals surface area contributed by atoms with E-state index in [1.807, 2.05) is 40.2 Å². The van der Waals surface area contributed by atoms with Gasteiger partial charge in [-0.3, -0.25) is 4.79 Å². The van der Waals surface area contributed by atoms with Crippen LogP contribution in [0.25, 0.3) is 9.88 Å². The monoisotopic (exact) mass is 372 g/mol. The van der Waals surface area contributed by atoms with Crippen LogP contribution in [-0.2, 0) is 6.54 Å². The van der Waals surface area contributed by atoms with Gasteiger partial charge in [0.15, 0.2) is 0 Å². The van der Waals surface area contributed by atoms with Crippen molar-refractivity contribution in [3.63, 3.8) is 0 Å². The van der Waals surface area contributed by atoms with Gasteiger partial charge in [-0.05, 0) is 31.2 Å². The first-order valence-corrected chi connectivity index (χ1v) is 10.3. The molecule has 7 heteroatoms. The molecule has 0 radical (unpaired) electrons. The molecule has 0 aromatic carbocycles. The number of carbonyl (C=O) groups excluding carboxylic acids is 1. The molecule has 1 fully saturated rings. The van der Waals surface area contributed by atoms with E-state index in [2.05, 4.69) is 21.5 Å². The van der Waals surface area contributed by atoms with Crippen LogP contribution in [0.2, 0.25) is 0 Å². The molecule has 130 valence electrons. The highest BCUT2D eigenvalue weighted by molar-refractivity contribution is 7.20. The summed E-state index contributed by atoms with van der Waals surface area (Å²) in [7, 11) is 0. The topological polar surface area (TPSA) is 51.0 Å². The number of aryl methyl sites for hydroxylation is 1. The summed E-state index contributed by atoms with van der Waals surface area (Å²) >= 11 is 3.19. The Balaban J connectivity index is 1.41. The van der Waals surface area contributed by atoms with Gasteiger partial charge in [-0.25, -0.2) is 9.97 Å². The van der Waals surface area contributed by atoms with Gasteiger partial charge >= 0.3 is 0 Å². The molecule has 1 aliphatic heterocycles. The zero-order valence-electron chi connectivity index (χ0n) is 14.1. The summed E-state index contributed by atoms with van der Waals surface area (Å²) in [4.78, 5) is 24.9. The molecule has 1 amide bonds. The molecular weight excluding hydrogens is 352 g/mol. The molecule has 0 bridgehead atoms. The van der Waals surface area contributed by atoms with Gasteiger partial charge in [-0.1, -0.05) is 6.07 Å². The lowest BCUT2D eigenvalue weighted by molar-refractivity contribution is 0.0705. The van der Waals surface area contributed by atoms with Gasteiger partial charge in [-0.15, -0.1) is 22.7 Å². The van der Waals surface area contributed by atoms with Gasteiger partial charge in [0.05, 0.1) is 4.88 Å². The number of nitrogens with zero attached hydrogens (tertiary/aromatic N) is 4. The van der Waals surface area contributed by atoms with Crippen molar-refractivity contribution < 1.29 is 4.79 Å². The summed E-state index contributed by atoms with van der Waals surface area (Å²) in [6.45, 7) is 4.62. The first-order valence-electron chi connectivity index (χ1n) is 8.56. The highest BCUT2D eigenvalue weighted by Gasteiger charge is 2.27. The third-order valence-corrected chi connectivity index (χ3v) is 6.57. The van der Waals surface area contributed by atoms with Gasteiger partial charge in [0, 0.05) is 43.3 Å². The zero-order valence-corrected chi connectivity index (χ0v) is 15.7. The molecule has 4 rings (SSSR count). The van der Waals surface area contributed by atoms with Crippen LogP contribution in [0.4, 0.5) is 0 Å². The van der Waals surface area contributed by atoms with Crippen molar-refractivity contribution in [2.24, 2.45) is 0 Å². The normalized spacial score (nSPS) is 15.6. The van der Waals surface area contributed by atoms with Crippen LogP contribution in [-0.4, -0.2) is 38.4 Å². The molecule has 4 heterocycles. The molecule has 0 saturated carbocycles. The van der Waals surface area contributed by atoms with Crippen LogP contribution in [0.15, 0.2) is 35.3 Å². The van der Waals surface area contributed by atoms with Crippen molar-refractivity contribution >= 4 is 28.6 Å². The molecule has 0 N–H and O–H groups in total. The Morgan fingerprint density at radius 2 is 2.16 bits per heavy atom. The second kappa shape index (κ2) is 7.09. The number of likely N-dealkylation sites (tertiary alicyclic amines) is 1. The van der Waals surface area contributed by atoms with E-state index in [9.17, 15) is 4.79 Å². The Morgan fingerprint density at radius 3 is 2.88 bits per heavy atom. The number of amides is 1. The Morgan fingerprint density at radius 1 is 1.32 bits per heavy atom. The van der Waals surface area contributed by atoms with Crippen LogP contribution in [0.1, 0.15) is 42.0 Å². The number of piperidine rings is 1. The molecule has 0 atom stereocenters. The van der Waals surface area contributed by atoms with E-state index < -0.39 is 0 Å². The SMILES string of the molecule is CCn1ccnc1C1CCN(C(=O)c2csc(-c3cccs3)n2)CC1. The van der Waals surface area contributed by atoms with E-state index in [1.165, 1.54) is 0 Å². The second-order valence-electron chi connectivity index (χ2n) is 6.15. The van der Waals surface area contributed by atoms with E-state index in [0.717, 1.165) is 48.2 Å². The van der Waals surface area contributed by atoms with E-state index in [4.69, 9.17) is 0 Å². The average molecular weight is 373 g/mol. The summed E-state index contributed by atoms with van der Waals surface area (Å²) in [6, 6.07) is 4.05. The second-order valence-corrected chi connectivity index (χ2v) is 7.96. The maximum Gasteiger partial charge on any atom is 0.273 e. The minimum absolute atomic E-state index is 0.0522. The first kappa shape index (κ1) is 16.5. The third kappa shape index (κ3) is 3.26. The summed E-state index contributed by atoms with van der Waals surface area (Å²) in [5.74, 6) is 1.65. The van der Waals surface area contributed by atoms with Gasteiger partial charge in [0.25, 0.3) is 5.91 Å². The molecule has 5 nitrogen and oxygen atoms in total. The maximum atomic E-state index is 12.8. The smallest absolute Gasteiger partial charge is 0.273 e. The van der Waals surface area contributed by atoms with E-state index in [1.54, 1.807) is 22.7 Å². The van der Waals surface area contributed by atoms with Crippen molar-refractivity contribution in [3.8, 4) is 9.88 Å². The van der Waals surface area contributed by atoms with Crippen LogP contribution in [0.3, 0.4) is 0 Å². The molecule has 3 aromatic rings. The van der Waals surface area contributed by atoms with Gasteiger partial charge in [-0.2, -0.15) is 0 Å². The molecule has 1 saturated heterocycles. The number of aromatic nitrogens is 3. The van der Waals surface area contributed by atoms with Crippen LogP contribution >= 0.6 is 22.7 Å². The van der Waals surface area contributed by atoms with Crippen molar-refractivity contribution in [2.45, 2.75) is 32.2 Å². The zero-order chi connectivity index (χ0) is 17.2. The van der Waals surface area contributed by atoms with Crippen LogP contribution in [0.5, 0.6) is 0 Å². The molecule has 0 spiro atoms. The number of hydrogen-bond donors (Lipinski definition) is 0. The predicted octanol–water partition coefficient (Wildman–Crippen LogP) is 4.11. The number of imidazole rings is 1. The van der Waals surface area contributed by atoms with Gasteiger partial charge in [0.1, 0.15) is 16.5 Å². The number of hydrogen-bond acceptors (Lipinski definition) is 5. The highest BCUT2D eigenvalue weighted by atomic mass is 32.1. The van der Waals surface area contributed by atoms with Crippen molar-refractivity contribution in [3.05, 3.63) is 46.8 Å². The Labute approximate surface area is 155 Å². The number of carbonyl (C=O) groups is 1. The Hall–Kier alpha value is -1.99. The minimum Gasteiger partial charge on any atom is -0.337 e. The quantitative estimate of drug-likeness (QED) is 0.692. The molecule has 25 heavy (non-hydrogen) atoms. The maximum absolute atomic E-state index is 12.8. The highest BCUT2D eigenvalue weighted by Crippen LogP contribution is 2.30. The summed E-state index contributed by atoms with van der Waals surface area (Å²) < 4.78 is 2.20. The third-order valence-electron chi connectivity index (χ3n) is 4.69. The fourth-order valence-corrected chi connectivity index (χ4v) is 4.94. The molecule has 3 aromatic heterocycles. The van der Waals surface area contributed by atoms with Crippen molar-refractivity contribution in [1.29, 1.82) is 0 Å².